The van der Waals surface area contributed by atoms with E-state index in [0.717, 1.165) is 5.56 Å². The van der Waals surface area contributed by atoms with Gasteiger partial charge in [-0.25, -0.2) is 5.43 Å². The first kappa shape index (κ1) is 17.0. The van der Waals surface area contributed by atoms with E-state index in [0.29, 0.717) is 11.4 Å². The van der Waals surface area contributed by atoms with Gasteiger partial charge in [-0.05, 0) is 22.0 Å². The van der Waals surface area contributed by atoms with Gasteiger partial charge < -0.3 is 14.7 Å². The highest BCUT2D eigenvalue weighted by Crippen LogP contribution is 2.08. The SMILES string of the molecule is O=C(Cn1cnc([N+](=O)[O-])c1)N/N=C(\c1ccccc1)c1ccccn1. The van der Waals surface area contributed by atoms with Crippen LogP contribution in [0.1, 0.15) is 11.3 Å². The lowest BCUT2D eigenvalue weighted by molar-refractivity contribution is -0.389. The van der Waals surface area contributed by atoms with Crippen LogP contribution in [0, 0.1) is 10.1 Å². The summed E-state index contributed by atoms with van der Waals surface area (Å²) >= 11 is 0. The van der Waals surface area contributed by atoms with Crippen molar-refractivity contribution < 1.29 is 9.72 Å². The molecule has 3 rings (SSSR count). The number of hydrazone groups is 1. The van der Waals surface area contributed by atoms with Crippen LogP contribution in [-0.4, -0.2) is 31.1 Å². The van der Waals surface area contributed by atoms with Crippen LogP contribution in [0.15, 0.2) is 72.4 Å². The number of imidazole rings is 1. The zero-order valence-corrected chi connectivity index (χ0v) is 13.5. The summed E-state index contributed by atoms with van der Waals surface area (Å²) in [6.07, 6.45) is 4.04. The third-order valence-corrected chi connectivity index (χ3v) is 3.38. The van der Waals surface area contributed by atoms with Crippen molar-refractivity contribution in [3.8, 4) is 0 Å². The molecular formula is C17H14N6O3. The molecule has 0 fully saturated rings. The first-order valence-electron chi connectivity index (χ1n) is 7.63. The number of nitro groups is 1. The van der Waals surface area contributed by atoms with E-state index < -0.39 is 10.8 Å². The van der Waals surface area contributed by atoms with E-state index in [1.165, 1.54) is 17.1 Å². The van der Waals surface area contributed by atoms with Crippen molar-refractivity contribution >= 4 is 17.4 Å². The summed E-state index contributed by atoms with van der Waals surface area (Å²) in [5.74, 6) is -0.763. The molecule has 3 aromatic rings. The van der Waals surface area contributed by atoms with Crippen LogP contribution in [-0.2, 0) is 11.3 Å². The molecule has 0 aliphatic heterocycles. The van der Waals surface area contributed by atoms with Gasteiger partial charge in [0.25, 0.3) is 5.91 Å². The predicted octanol–water partition coefficient (Wildman–Crippen LogP) is 1.76. The molecule has 0 aliphatic carbocycles. The molecule has 0 spiro atoms. The van der Waals surface area contributed by atoms with Crippen LogP contribution in [0.2, 0.25) is 0 Å². The van der Waals surface area contributed by atoms with E-state index in [-0.39, 0.29) is 12.4 Å². The second-order valence-electron chi connectivity index (χ2n) is 5.24. The highest BCUT2D eigenvalue weighted by atomic mass is 16.6. The molecule has 0 bridgehead atoms. The Labute approximate surface area is 148 Å². The van der Waals surface area contributed by atoms with E-state index in [4.69, 9.17) is 0 Å². The number of nitrogens with one attached hydrogen (secondary N) is 1. The molecule has 2 aromatic heterocycles. The van der Waals surface area contributed by atoms with Crippen molar-refractivity contribution in [2.24, 2.45) is 5.10 Å². The van der Waals surface area contributed by atoms with Crippen LogP contribution in [0.25, 0.3) is 0 Å². The van der Waals surface area contributed by atoms with Gasteiger partial charge in [-0.15, -0.1) is 0 Å². The van der Waals surface area contributed by atoms with Crippen LogP contribution < -0.4 is 5.43 Å². The predicted molar refractivity (Wildman–Crippen MR) is 93.3 cm³/mol. The summed E-state index contributed by atoms with van der Waals surface area (Å²) < 4.78 is 1.31. The molecule has 0 saturated heterocycles. The Balaban J connectivity index is 1.77. The molecular weight excluding hydrogens is 336 g/mol. The zero-order valence-electron chi connectivity index (χ0n) is 13.5. The molecule has 2 heterocycles. The normalized spacial score (nSPS) is 11.2. The van der Waals surface area contributed by atoms with Gasteiger partial charge >= 0.3 is 5.82 Å². The third-order valence-electron chi connectivity index (χ3n) is 3.38. The standard InChI is InChI=1S/C17H14N6O3/c24-16(11-22-10-15(19-12-22)23(25)26)20-21-17(13-6-2-1-3-7-13)14-8-4-5-9-18-14/h1-10,12H,11H2,(H,20,24)/b21-17+. The van der Waals surface area contributed by atoms with Gasteiger partial charge in [0.15, 0.2) is 0 Å². The maximum Gasteiger partial charge on any atom is 0.381 e. The smallest absolute Gasteiger partial charge is 0.358 e. The molecule has 0 atom stereocenters. The van der Waals surface area contributed by atoms with E-state index in [2.05, 4.69) is 20.5 Å². The van der Waals surface area contributed by atoms with Gasteiger partial charge in [-0.1, -0.05) is 36.4 Å². The quantitative estimate of drug-likeness (QED) is 0.413. The van der Waals surface area contributed by atoms with Gasteiger partial charge in [0, 0.05) is 11.8 Å². The molecule has 0 unspecified atom stereocenters. The highest BCUT2D eigenvalue weighted by molar-refractivity contribution is 6.11. The Hall–Kier alpha value is -3.88. The van der Waals surface area contributed by atoms with Crippen molar-refractivity contribution in [1.82, 2.24) is 20.0 Å². The summed E-state index contributed by atoms with van der Waals surface area (Å²) in [4.78, 5) is 30.0. The van der Waals surface area contributed by atoms with Gasteiger partial charge in [0.05, 0.1) is 5.69 Å². The Bertz CT molecular complexity index is 896. The Morgan fingerprint density at radius 1 is 1.15 bits per heavy atom. The number of hydrogen-bond acceptors (Lipinski definition) is 6. The van der Waals surface area contributed by atoms with Gasteiger partial charge in [-0.2, -0.15) is 5.10 Å². The fourth-order valence-corrected chi connectivity index (χ4v) is 2.22. The number of amides is 1. The number of benzene rings is 1. The number of hydrogen-bond donors (Lipinski definition) is 1. The van der Waals surface area contributed by atoms with E-state index in [1.807, 2.05) is 36.4 Å². The summed E-state index contributed by atoms with van der Waals surface area (Å²) in [7, 11) is 0. The van der Waals surface area contributed by atoms with Crippen molar-refractivity contribution in [2.75, 3.05) is 0 Å². The Kier molecular flexibility index (Phi) is 5.08. The highest BCUT2D eigenvalue weighted by Gasteiger charge is 2.13. The number of carbonyl (C=O) groups excluding carboxylic acids is 1. The van der Waals surface area contributed by atoms with Crippen LogP contribution in [0.4, 0.5) is 5.82 Å². The minimum atomic E-state index is -0.624. The number of aromatic nitrogens is 3. The molecule has 1 amide bonds. The minimum absolute atomic E-state index is 0.144. The number of nitrogens with zero attached hydrogens (tertiary/aromatic N) is 5. The lowest BCUT2D eigenvalue weighted by Crippen LogP contribution is -2.24. The molecule has 0 radical (unpaired) electrons. The number of pyridine rings is 1. The van der Waals surface area contributed by atoms with E-state index >= 15 is 0 Å². The van der Waals surface area contributed by atoms with Crippen molar-refractivity contribution in [3.63, 3.8) is 0 Å². The first-order chi connectivity index (χ1) is 12.6. The fourth-order valence-electron chi connectivity index (χ4n) is 2.22. The number of rotatable bonds is 6. The second-order valence-corrected chi connectivity index (χ2v) is 5.24. The maximum absolute atomic E-state index is 12.1. The lowest BCUT2D eigenvalue weighted by Gasteiger charge is -2.07. The van der Waals surface area contributed by atoms with Gasteiger partial charge in [0.1, 0.15) is 18.5 Å². The Morgan fingerprint density at radius 2 is 1.92 bits per heavy atom. The van der Waals surface area contributed by atoms with Crippen LogP contribution >= 0.6 is 0 Å². The largest absolute Gasteiger partial charge is 0.381 e. The van der Waals surface area contributed by atoms with Gasteiger partial charge in [-0.3, -0.25) is 9.78 Å². The molecule has 1 aromatic carbocycles. The minimum Gasteiger partial charge on any atom is -0.358 e. The summed E-state index contributed by atoms with van der Waals surface area (Å²) in [5.41, 5.74) is 4.37. The van der Waals surface area contributed by atoms with E-state index in [9.17, 15) is 14.9 Å². The maximum atomic E-state index is 12.1. The van der Waals surface area contributed by atoms with Crippen LogP contribution in [0.3, 0.4) is 0 Å². The second kappa shape index (κ2) is 7.79. The average Bonchev–Trinajstić information content (AvgIpc) is 3.12. The average molecular weight is 350 g/mol. The molecule has 130 valence electrons. The summed E-state index contributed by atoms with van der Waals surface area (Å²) in [5, 5.41) is 14.8. The Morgan fingerprint density at radius 3 is 2.58 bits per heavy atom. The molecule has 26 heavy (non-hydrogen) atoms. The molecule has 0 saturated carbocycles. The molecule has 0 aliphatic rings. The monoisotopic (exact) mass is 350 g/mol. The fraction of sp³-hybridized carbons (Fsp3) is 0.0588. The lowest BCUT2D eigenvalue weighted by atomic mass is 10.1. The molecule has 9 nitrogen and oxygen atoms in total. The zero-order chi connectivity index (χ0) is 18.4. The van der Waals surface area contributed by atoms with E-state index in [1.54, 1.807) is 18.3 Å². The van der Waals surface area contributed by atoms with Crippen LogP contribution in [0.5, 0.6) is 0 Å². The van der Waals surface area contributed by atoms with Crippen molar-refractivity contribution in [3.05, 3.63) is 88.6 Å². The number of carbonyl (C=O) groups is 1. The first-order valence-corrected chi connectivity index (χ1v) is 7.63. The third kappa shape index (κ3) is 4.15. The van der Waals surface area contributed by atoms with Crippen molar-refractivity contribution in [2.45, 2.75) is 6.54 Å². The topological polar surface area (TPSA) is 115 Å². The molecule has 1 N–H and O–H groups in total. The van der Waals surface area contributed by atoms with Crippen molar-refractivity contribution in [1.29, 1.82) is 0 Å². The molecule has 9 heteroatoms. The van der Waals surface area contributed by atoms with Gasteiger partial charge in [0.2, 0.25) is 6.33 Å². The summed E-state index contributed by atoms with van der Waals surface area (Å²) in [6.45, 7) is -0.144. The summed E-state index contributed by atoms with van der Waals surface area (Å²) in [6, 6.07) is 14.7.